The zero-order valence-electron chi connectivity index (χ0n) is 12.5. The Morgan fingerprint density at radius 2 is 2.05 bits per heavy atom. The van der Waals surface area contributed by atoms with Gasteiger partial charge >= 0.3 is 0 Å². The maximum Gasteiger partial charge on any atom is 0.242 e. The molecule has 1 spiro atoms. The van der Waals surface area contributed by atoms with Gasteiger partial charge in [0.05, 0.1) is 6.54 Å². The molecule has 1 saturated carbocycles. The first-order valence-corrected chi connectivity index (χ1v) is 8.02. The van der Waals surface area contributed by atoms with Gasteiger partial charge in [0.15, 0.2) is 5.82 Å². The van der Waals surface area contributed by atoms with E-state index in [2.05, 4.69) is 15.0 Å². The number of hydrogen-bond acceptors (Lipinski definition) is 5. The zero-order chi connectivity index (χ0) is 14.4. The van der Waals surface area contributed by atoms with Gasteiger partial charge in [0, 0.05) is 19.5 Å². The first kappa shape index (κ1) is 13.2. The lowest BCUT2D eigenvalue weighted by Gasteiger charge is -2.43. The van der Waals surface area contributed by atoms with Crippen LogP contribution in [0, 0.1) is 0 Å². The SMILES string of the molecule is CN1CCCC2(CCCN2Cc2nc(C3CC3)no2)C1=O. The lowest BCUT2D eigenvalue weighted by molar-refractivity contribution is -0.146. The summed E-state index contributed by atoms with van der Waals surface area (Å²) in [5, 5.41) is 4.08. The number of aromatic nitrogens is 2. The standard InChI is InChI=1S/C15H22N4O2/c1-18-8-2-6-15(14(18)20)7-3-9-19(15)10-12-16-13(17-21-12)11-4-5-11/h11H,2-10H2,1H3. The Hall–Kier alpha value is -1.43. The Labute approximate surface area is 124 Å². The minimum atomic E-state index is -0.318. The Balaban J connectivity index is 1.53. The lowest BCUT2D eigenvalue weighted by Crippen LogP contribution is -2.58. The van der Waals surface area contributed by atoms with Crippen LogP contribution in [0.2, 0.25) is 0 Å². The van der Waals surface area contributed by atoms with Crippen LogP contribution in [-0.2, 0) is 11.3 Å². The van der Waals surface area contributed by atoms with Gasteiger partial charge in [-0.2, -0.15) is 4.98 Å². The minimum Gasteiger partial charge on any atom is -0.344 e. The topological polar surface area (TPSA) is 62.5 Å². The Morgan fingerprint density at radius 1 is 1.29 bits per heavy atom. The van der Waals surface area contributed by atoms with E-state index in [1.807, 2.05) is 11.9 Å². The van der Waals surface area contributed by atoms with Gasteiger partial charge in [-0.25, -0.2) is 0 Å². The summed E-state index contributed by atoms with van der Waals surface area (Å²) in [6.45, 7) is 2.43. The van der Waals surface area contributed by atoms with Crippen molar-refractivity contribution in [2.24, 2.45) is 0 Å². The first-order chi connectivity index (χ1) is 10.2. The van der Waals surface area contributed by atoms with E-state index < -0.39 is 0 Å². The molecule has 0 aromatic carbocycles. The number of rotatable bonds is 3. The summed E-state index contributed by atoms with van der Waals surface area (Å²) in [6, 6.07) is 0. The summed E-state index contributed by atoms with van der Waals surface area (Å²) in [5.74, 6) is 2.30. The van der Waals surface area contributed by atoms with Crippen molar-refractivity contribution in [2.75, 3.05) is 20.1 Å². The molecule has 0 N–H and O–H groups in total. The molecule has 1 amide bonds. The molecular formula is C15H22N4O2. The maximum absolute atomic E-state index is 12.7. The highest BCUT2D eigenvalue weighted by Gasteiger charge is 2.50. The smallest absolute Gasteiger partial charge is 0.242 e. The van der Waals surface area contributed by atoms with E-state index in [9.17, 15) is 4.79 Å². The van der Waals surface area contributed by atoms with Crippen molar-refractivity contribution in [1.29, 1.82) is 0 Å². The minimum absolute atomic E-state index is 0.271. The van der Waals surface area contributed by atoms with Gasteiger partial charge in [-0.3, -0.25) is 9.69 Å². The Kier molecular flexibility index (Phi) is 3.03. The van der Waals surface area contributed by atoms with Gasteiger partial charge in [-0.1, -0.05) is 5.16 Å². The molecule has 3 aliphatic rings. The van der Waals surface area contributed by atoms with E-state index in [1.54, 1.807) is 0 Å². The van der Waals surface area contributed by atoms with Crippen molar-refractivity contribution in [2.45, 2.75) is 56.5 Å². The fourth-order valence-corrected chi connectivity index (χ4v) is 3.87. The van der Waals surface area contributed by atoms with Crippen LogP contribution in [0.15, 0.2) is 4.52 Å². The van der Waals surface area contributed by atoms with Crippen molar-refractivity contribution < 1.29 is 9.32 Å². The van der Waals surface area contributed by atoms with Crippen molar-refractivity contribution in [1.82, 2.24) is 19.9 Å². The number of hydrogen-bond donors (Lipinski definition) is 0. The number of carbonyl (C=O) groups is 1. The molecule has 0 radical (unpaired) electrons. The van der Waals surface area contributed by atoms with E-state index in [-0.39, 0.29) is 11.4 Å². The van der Waals surface area contributed by atoms with E-state index in [0.29, 0.717) is 18.4 Å². The van der Waals surface area contributed by atoms with Crippen LogP contribution in [0.4, 0.5) is 0 Å². The third-order valence-corrected chi connectivity index (χ3v) is 5.20. The predicted octanol–water partition coefficient (Wildman–Crippen LogP) is 1.53. The van der Waals surface area contributed by atoms with E-state index in [4.69, 9.17) is 4.52 Å². The molecule has 0 bridgehead atoms. The second-order valence-corrected chi connectivity index (χ2v) is 6.71. The fraction of sp³-hybridized carbons (Fsp3) is 0.800. The lowest BCUT2D eigenvalue weighted by atomic mass is 9.85. The average Bonchev–Trinajstić information content (AvgIpc) is 3.10. The molecule has 3 heterocycles. The van der Waals surface area contributed by atoms with Crippen LogP contribution in [0.1, 0.15) is 56.2 Å². The largest absolute Gasteiger partial charge is 0.344 e. The van der Waals surface area contributed by atoms with Crippen molar-refractivity contribution >= 4 is 5.91 Å². The molecule has 4 rings (SSSR count). The molecule has 2 aliphatic heterocycles. The first-order valence-electron chi connectivity index (χ1n) is 8.02. The molecule has 21 heavy (non-hydrogen) atoms. The summed E-state index contributed by atoms with van der Waals surface area (Å²) in [6.07, 6.45) is 6.42. The summed E-state index contributed by atoms with van der Waals surface area (Å²) in [7, 11) is 1.91. The van der Waals surface area contributed by atoms with Crippen LogP contribution in [-0.4, -0.2) is 51.5 Å². The Morgan fingerprint density at radius 3 is 2.81 bits per heavy atom. The summed E-state index contributed by atoms with van der Waals surface area (Å²) < 4.78 is 5.40. The molecule has 2 saturated heterocycles. The molecule has 3 fully saturated rings. The number of nitrogens with zero attached hydrogens (tertiary/aromatic N) is 4. The monoisotopic (exact) mass is 290 g/mol. The number of amides is 1. The summed E-state index contributed by atoms with van der Waals surface area (Å²) in [5.41, 5.74) is -0.318. The molecule has 1 aliphatic carbocycles. The third-order valence-electron chi connectivity index (χ3n) is 5.20. The molecular weight excluding hydrogens is 268 g/mol. The van der Waals surface area contributed by atoms with E-state index in [0.717, 1.165) is 44.6 Å². The highest BCUT2D eigenvalue weighted by atomic mass is 16.5. The fourth-order valence-electron chi connectivity index (χ4n) is 3.87. The van der Waals surface area contributed by atoms with Gasteiger partial charge in [-0.05, 0) is 45.1 Å². The van der Waals surface area contributed by atoms with Crippen molar-refractivity contribution in [3.63, 3.8) is 0 Å². The molecule has 1 unspecified atom stereocenters. The predicted molar refractivity (Wildman–Crippen MR) is 75.5 cm³/mol. The maximum atomic E-state index is 12.7. The number of likely N-dealkylation sites (tertiary alicyclic amines) is 2. The zero-order valence-corrected chi connectivity index (χ0v) is 12.5. The van der Waals surface area contributed by atoms with Crippen LogP contribution in [0.5, 0.6) is 0 Å². The van der Waals surface area contributed by atoms with E-state index >= 15 is 0 Å². The molecule has 114 valence electrons. The van der Waals surface area contributed by atoms with Gasteiger partial charge in [0.2, 0.25) is 11.8 Å². The highest BCUT2D eigenvalue weighted by Crippen LogP contribution is 2.40. The quantitative estimate of drug-likeness (QED) is 0.845. The Bertz CT molecular complexity index is 554. The summed E-state index contributed by atoms with van der Waals surface area (Å²) >= 11 is 0. The number of piperidine rings is 1. The van der Waals surface area contributed by atoms with Gasteiger partial charge in [0.25, 0.3) is 0 Å². The van der Waals surface area contributed by atoms with Gasteiger partial charge < -0.3 is 9.42 Å². The van der Waals surface area contributed by atoms with E-state index in [1.165, 1.54) is 12.8 Å². The van der Waals surface area contributed by atoms with Crippen LogP contribution < -0.4 is 0 Å². The van der Waals surface area contributed by atoms with Gasteiger partial charge in [0.1, 0.15) is 5.54 Å². The molecule has 6 heteroatoms. The van der Waals surface area contributed by atoms with Crippen molar-refractivity contribution in [3.8, 4) is 0 Å². The van der Waals surface area contributed by atoms with Gasteiger partial charge in [-0.15, -0.1) is 0 Å². The molecule has 1 aromatic rings. The molecule has 1 aromatic heterocycles. The number of carbonyl (C=O) groups excluding carboxylic acids is 1. The van der Waals surface area contributed by atoms with Crippen LogP contribution >= 0.6 is 0 Å². The average molecular weight is 290 g/mol. The highest BCUT2D eigenvalue weighted by molar-refractivity contribution is 5.87. The second kappa shape index (κ2) is 4.80. The number of likely N-dealkylation sites (N-methyl/N-ethyl adjacent to an activating group) is 1. The second-order valence-electron chi connectivity index (χ2n) is 6.71. The normalized spacial score (nSPS) is 30.5. The third kappa shape index (κ3) is 2.16. The summed E-state index contributed by atoms with van der Waals surface area (Å²) in [4.78, 5) is 21.4. The molecule has 1 atom stereocenters. The van der Waals surface area contributed by atoms with Crippen LogP contribution in [0.25, 0.3) is 0 Å². The van der Waals surface area contributed by atoms with Crippen molar-refractivity contribution in [3.05, 3.63) is 11.7 Å². The molecule has 6 nitrogen and oxygen atoms in total. The van der Waals surface area contributed by atoms with Crippen LogP contribution in [0.3, 0.4) is 0 Å².